The number of allylic oxidation sites excluding steroid dienone is 23. The summed E-state index contributed by atoms with van der Waals surface area (Å²) >= 11 is 0. The Morgan fingerprint density at radius 3 is 1.16 bits per heavy atom. The topological polar surface area (TPSA) is 280 Å². The minimum Gasteiger partial charge on any atom is -0.391 e. The Morgan fingerprint density at radius 2 is 0.743 bits per heavy atom. The van der Waals surface area contributed by atoms with Crippen molar-refractivity contribution in [2.45, 2.75) is 367 Å². The summed E-state index contributed by atoms with van der Waals surface area (Å²) in [5, 5.41) is 96.3. The van der Waals surface area contributed by atoms with Gasteiger partial charge in [0.25, 0.3) is 0 Å². The maximum atomic E-state index is 10.9. The van der Waals surface area contributed by atoms with Gasteiger partial charge in [-0.3, -0.25) is 0 Å². The first-order valence-electron chi connectivity index (χ1n) is 40.7. The molecule has 15 heteroatoms. The van der Waals surface area contributed by atoms with Crippen LogP contribution >= 0.6 is 0 Å². The first-order chi connectivity index (χ1) is 52.0. The Kier molecular flexibility index (Phi) is 77.1. The Hall–Kier alpha value is -6.28. The van der Waals surface area contributed by atoms with Crippen molar-refractivity contribution in [2.24, 2.45) is 0 Å². The molecule has 0 aromatic rings. The third kappa shape index (κ3) is 79.6. The average Bonchev–Trinajstić information content (AvgIpc) is 0.901. The highest BCUT2D eigenvalue weighted by Crippen LogP contribution is 2.29. The lowest BCUT2D eigenvalue weighted by atomic mass is 9.87. The largest absolute Gasteiger partial charge is 0.391 e. The molecule has 2 aliphatic carbocycles. The Morgan fingerprint density at radius 1 is 0.404 bits per heavy atom. The van der Waals surface area contributed by atoms with Crippen molar-refractivity contribution in [3.63, 3.8) is 0 Å². The molecule has 0 aliphatic heterocycles. The molecule has 2 rings (SSSR count). The second kappa shape index (κ2) is 77.1. The number of methoxy groups -OCH3 is 1. The molecule has 15 nitrogen and oxygen atoms in total. The molecule has 618 valence electrons. The average molecular weight is 1520 g/mol. The van der Waals surface area contributed by atoms with Gasteiger partial charge in [0.2, 0.25) is 0 Å². The Bertz CT molecular complexity index is 2790. The summed E-state index contributed by atoms with van der Waals surface area (Å²) in [5.74, 6) is 12.1. The fourth-order valence-electron chi connectivity index (χ4n) is 10.7. The van der Waals surface area contributed by atoms with E-state index >= 15 is 0 Å². The zero-order valence-electron chi connectivity index (χ0n) is 69.5. The molecule has 0 spiro atoms. The standard InChI is InChI=1S/C23H36O4.C23H34O4.C17H26O.C15H24.2C8H16O3/c2*1-20(24)14-13-16-22(26)21(25)15-9-5-2-3-6-10-17-23(27)18-11-7-4-8-12-19-23;1-5-7-9-10-11-12-14-16-17(3,18-4)15-13-8-6-2;1-3-5-7-9-11-13-15-14-12-10-8-6-4-2;2*1-6(9)4-3-5-8(11)7(2)10/h2-3,5-6,9-10,15,17,21-22,25-27H,4,7-8,11-14,16,18-19H2,1H3;2,5,9-10,15,17,21-22,25-27H,4,7-8,11-14,16,18-19H2,1H3;5,7,9-10,14,16H,6,8,13,15H2,1-4H3;3,5,7,9,11,13-15H,4,6,8,10,12H2,1-2H3;2*7-8,10-11H,3-5H2,1-2H3/b5-2+,6-3-,15-9+,17-10+;5-2+,15-9+,17-10+;7-5+,10-9+,16-14+;5-3+,9-7+,13-11-,15-14+;;/t2*21-,22+;;;2*7-,8+/m11..11/s1. The lowest BCUT2D eigenvalue weighted by Crippen LogP contribution is -2.26. The van der Waals surface area contributed by atoms with Gasteiger partial charge in [0, 0.05) is 32.8 Å². The number of aliphatic hydroxyl groups excluding tert-OH is 8. The van der Waals surface area contributed by atoms with Crippen molar-refractivity contribution < 1.29 is 75.0 Å². The zero-order valence-corrected chi connectivity index (χ0v) is 69.5. The normalized spacial score (nSPS) is 17.7. The van der Waals surface area contributed by atoms with Gasteiger partial charge in [-0.2, -0.15) is 0 Å². The van der Waals surface area contributed by atoms with E-state index in [0.29, 0.717) is 77.0 Å². The van der Waals surface area contributed by atoms with E-state index in [1.165, 1.54) is 130 Å². The maximum absolute atomic E-state index is 10.9. The van der Waals surface area contributed by atoms with Gasteiger partial charge in [-0.15, -0.1) is 0 Å². The van der Waals surface area contributed by atoms with Gasteiger partial charge in [0.05, 0.1) is 65.6 Å². The molecule has 1 unspecified atom stereocenters. The molecule has 10 N–H and O–H groups in total. The minimum absolute atomic E-state index is 0.0875. The van der Waals surface area contributed by atoms with Crippen LogP contribution in [0.15, 0.2) is 170 Å². The molecular formula is C94H152O15. The quantitative estimate of drug-likeness (QED) is 0.0154. The fraction of sp³-hybridized carbons (Fsp3) is 0.617. The highest BCUT2D eigenvalue weighted by Gasteiger charge is 2.25. The summed E-state index contributed by atoms with van der Waals surface area (Å²) < 4.78 is 5.55. The number of ether oxygens (including phenoxy) is 1. The molecule has 2 fully saturated rings. The second-order valence-corrected chi connectivity index (χ2v) is 28.8. The van der Waals surface area contributed by atoms with Crippen molar-refractivity contribution in [3.8, 4) is 23.7 Å². The maximum Gasteiger partial charge on any atom is 0.129 e. The summed E-state index contributed by atoms with van der Waals surface area (Å²) in [6.45, 7) is 19.7. The third-order valence-corrected chi connectivity index (χ3v) is 17.8. The van der Waals surface area contributed by atoms with E-state index in [1.54, 1.807) is 57.4 Å². The highest BCUT2D eigenvalue weighted by atomic mass is 16.5. The van der Waals surface area contributed by atoms with Crippen LogP contribution in [0.25, 0.3) is 0 Å². The van der Waals surface area contributed by atoms with Crippen LogP contribution in [0.5, 0.6) is 0 Å². The van der Waals surface area contributed by atoms with Gasteiger partial charge in [0.1, 0.15) is 23.1 Å². The fourth-order valence-corrected chi connectivity index (χ4v) is 10.7. The number of carbonyl (C=O) groups is 4. The van der Waals surface area contributed by atoms with E-state index in [9.17, 15) is 49.8 Å². The first-order valence-corrected chi connectivity index (χ1v) is 40.7. The monoisotopic (exact) mass is 1520 g/mol. The molecule has 2 aliphatic rings. The summed E-state index contributed by atoms with van der Waals surface area (Å²) in [6, 6.07) is 0. The summed E-state index contributed by atoms with van der Waals surface area (Å²) in [4.78, 5) is 42.6. The molecule has 0 aromatic heterocycles. The van der Waals surface area contributed by atoms with Crippen LogP contribution in [0.3, 0.4) is 0 Å². The third-order valence-electron chi connectivity index (χ3n) is 17.8. The van der Waals surface area contributed by atoms with Crippen molar-refractivity contribution in [2.75, 3.05) is 7.11 Å². The van der Waals surface area contributed by atoms with Gasteiger partial charge >= 0.3 is 0 Å². The predicted molar refractivity (Wildman–Crippen MR) is 455 cm³/mol. The summed E-state index contributed by atoms with van der Waals surface area (Å²) in [7, 11) is 1.76. The molecule has 0 amide bonds. The zero-order chi connectivity index (χ0) is 82.5. The van der Waals surface area contributed by atoms with Crippen molar-refractivity contribution in [1.82, 2.24) is 0 Å². The number of carbonyl (C=O) groups excluding carboxylic acids is 4. The van der Waals surface area contributed by atoms with Gasteiger partial charge in [-0.1, -0.05) is 274 Å². The van der Waals surface area contributed by atoms with Gasteiger partial charge in [-0.25, -0.2) is 0 Å². The number of rotatable bonds is 43. The number of hydrogen-bond acceptors (Lipinski definition) is 15. The number of aliphatic hydroxyl groups is 10. The van der Waals surface area contributed by atoms with E-state index < -0.39 is 60.0 Å². The summed E-state index contributed by atoms with van der Waals surface area (Å²) in [5.41, 5.74) is -1.57. The van der Waals surface area contributed by atoms with Crippen LogP contribution in [0, 0.1) is 23.7 Å². The SMILES string of the molecule is C/C=C/C=C/C#C/C=C/C(C)(CCCCC)OC.C/C=C/C=C/C=C\C=C\CCCCCC.CC(=O)CCC[C@H](O)[C@@H](C)O.CC(=O)CCC[C@H](O)[C@@H](C)O.CC(=O)CCC[C@H](O)[C@H](O)/C=C/C=C/C#C/C=C/C1(O)CCCCCCC1.CC(=O)CCC[C@H](O)[C@H](O)/C=C/C=C/C=C\C=C\C1(O)CCCCCCC1. The van der Waals surface area contributed by atoms with E-state index in [2.05, 4.69) is 74.8 Å². The second-order valence-electron chi connectivity index (χ2n) is 28.8. The minimum atomic E-state index is -0.956. The van der Waals surface area contributed by atoms with Crippen molar-refractivity contribution >= 4 is 23.1 Å². The van der Waals surface area contributed by atoms with Gasteiger partial charge in [-0.05, 0) is 195 Å². The number of unbranched alkanes of at least 4 members (excludes halogenated alkanes) is 6. The lowest BCUT2D eigenvalue weighted by Gasteiger charge is -2.26. The van der Waals surface area contributed by atoms with E-state index in [1.807, 2.05) is 105 Å². The van der Waals surface area contributed by atoms with E-state index in [4.69, 9.17) is 25.2 Å². The molecule has 9 atom stereocenters. The predicted octanol–water partition coefficient (Wildman–Crippen LogP) is 18.6. The Balaban J connectivity index is -0.000000629. The number of Topliss-reactive ketones (excluding diaryl/α,β-unsaturated/α-hetero) is 4. The van der Waals surface area contributed by atoms with Gasteiger partial charge < -0.3 is 75.0 Å². The van der Waals surface area contributed by atoms with Crippen molar-refractivity contribution in [1.29, 1.82) is 0 Å². The smallest absolute Gasteiger partial charge is 0.129 e. The molecule has 0 bridgehead atoms. The number of ketones is 4. The van der Waals surface area contributed by atoms with Crippen molar-refractivity contribution in [3.05, 3.63) is 170 Å². The first kappa shape index (κ1) is 109. The molecular weight excluding hydrogens is 1370 g/mol. The highest BCUT2D eigenvalue weighted by molar-refractivity contribution is 5.76. The van der Waals surface area contributed by atoms with Crippen LogP contribution < -0.4 is 0 Å². The van der Waals surface area contributed by atoms with Crippen LogP contribution in [0.4, 0.5) is 0 Å². The molecule has 0 radical (unpaired) electrons. The van der Waals surface area contributed by atoms with Crippen LogP contribution in [0.2, 0.25) is 0 Å². The van der Waals surface area contributed by atoms with Gasteiger partial charge in [0.15, 0.2) is 0 Å². The van der Waals surface area contributed by atoms with Crippen LogP contribution in [-0.4, -0.2) is 147 Å². The molecule has 0 aromatic carbocycles. The molecule has 0 saturated heterocycles. The molecule has 0 heterocycles. The van der Waals surface area contributed by atoms with E-state index in [0.717, 1.165) is 57.8 Å². The van der Waals surface area contributed by atoms with E-state index in [-0.39, 0.29) is 28.7 Å². The van der Waals surface area contributed by atoms with Crippen LogP contribution in [0.1, 0.15) is 301 Å². The molecule has 109 heavy (non-hydrogen) atoms. The number of hydrogen-bond donors (Lipinski definition) is 10. The Labute approximate surface area is 662 Å². The van der Waals surface area contributed by atoms with Crippen LogP contribution in [-0.2, 0) is 23.9 Å². The molecule has 2 saturated carbocycles. The summed E-state index contributed by atoms with van der Waals surface area (Å²) in [6.07, 6.45) is 78.6. The lowest BCUT2D eigenvalue weighted by molar-refractivity contribution is -0.118.